The Bertz CT molecular complexity index is 1040. The fourth-order valence-electron chi connectivity index (χ4n) is 2.66. The van der Waals surface area contributed by atoms with Crippen LogP contribution in [0, 0.1) is 18.7 Å². The van der Waals surface area contributed by atoms with Crippen molar-refractivity contribution < 1.29 is 18.7 Å². The summed E-state index contributed by atoms with van der Waals surface area (Å²) in [5, 5.41) is 6.33. The quantitative estimate of drug-likeness (QED) is 0.599. The zero-order valence-corrected chi connectivity index (χ0v) is 16.4. The van der Waals surface area contributed by atoms with Crippen LogP contribution in [0.1, 0.15) is 28.1 Å². The number of ether oxygens (including phenoxy) is 1. The van der Waals surface area contributed by atoms with Gasteiger partial charge in [0.25, 0.3) is 5.91 Å². The number of nitrogens with zero attached hydrogens (tertiary/aromatic N) is 1. The average molecular weight is 411 g/mol. The number of anilines is 2. The number of thiophene rings is 1. The van der Waals surface area contributed by atoms with Crippen molar-refractivity contribution in [3.8, 4) is 11.6 Å². The summed E-state index contributed by atoms with van der Waals surface area (Å²) < 4.78 is 18.5. The van der Waals surface area contributed by atoms with Crippen molar-refractivity contribution in [3.05, 3.63) is 64.9 Å². The number of amides is 2. The zero-order valence-electron chi connectivity index (χ0n) is 15.6. The summed E-state index contributed by atoms with van der Waals surface area (Å²) in [6.45, 7) is 1.83. The molecular formula is C21H18FN3O3S. The molecule has 0 atom stereocenters. The Labute approximate surface area is 170 Å². The van der Waals surface area contributed by atoms with Crippen LogP contribution in [-0.4, -0.2) is 16.8 Å². The van der Waals surface area contributed by atoms with Gasteiger partial charge < -0.3 is 15.4 Å². The third kappa shape index (κ3) is 4.78. The number of benzene rings is 1. The van der Waals surface area contributed by atoms with E-state index in [0.717, 1.165) is 18.4 Å². The number of hydrogen-bond acceptors (Lipinski definition) is 5. The van der Waals surface area contributed by atoms with Crippen LogP contribution in [0.3, 0.4) is 0 Å². The first-order valence-corrected chi connectivity index (χ1v) is 9.92. The van der Waals surface area contributed by atoms with Crippen LogP contribution < -0.4 is 15.4 Å². The molecule has 1 aromatic carbocycles. The number of aromatic nitrogens is 1. The smallest absolute Gasteiger partial charge is 0.266 e. The molecule has 0 unspecified atom stereocenters. The van der Waals surface area contributed by atoms with Gasteiger partial charge in [-0.15, -0.1) is 11.3 Å². The first kappa shape index (κ1) is 19.1. The van der Waals surface area contributed by atoms with Crippen molar-refractivity contribution in [1.82, 2.24) is 4.98 Å². The summed E-state index contributed by atoms with van der Waals surface area (Å²) in [6.07, 6.45) is 3.34. The second kappa shape index (κ2) is 8.00. The highest BCUT2D eigenvalue weighted by Crippen LogP contribution is 2.33. The number of nitrogens with one attached hydrogen (secondary N) is 2. The Morgan fingerprint density at radius 1 is 1.14 bits per heavy atom. The van der Waals surface area contributed by atoms with Gasteiger partial charge in [0, 0.05) is 12.0 Å². The first-order chi connectivity index (χ1) is 14.0. The van der Waals surface area contributed by atoms with Crippen LogP contribution in [0.2, 0.25) is 0 Å². The maximum absolute atomic E-state index is 12.9. The number of halogens is 1. The monoisotopic (exact) mass is 411 g/mol. The van der Waals surface area contributed by atoms with Crippen molar-refractivity contribution in [2.24, 2.45) is 5.92 Å². The number of pyridine rings is 1. The highest BCUT2D eigenvalue weighted by atomic mass is 32.1. The van der Waals surface area contributed by atoms with Crippen molar-refractivity contribution in [3.63, 3.8) is 0 Å². The van der Waals surface area contributed by atoms with Crippen LogP contribution >= 0.6 is 11.3 Å². The summed E-state index contributed by atoms with van der Waals surface area (Å²) >= 11 is 1.25. The fraction of sp³-hybridized carbons (Fsp3) is 0.190. The minimum atomic E-state index is -0.345. The molecule has 6 nitrogen and oxygen atoms in total. The van der Waals surface area contributed by atoms with E-state index >= 15 is 0 Å². The molecule has 0 spiro atoms. The Morgan fingerprint density at radius 3 is 2.55 bits per heavy atom. The summed E-state index contributed by atoms with van der Waals surface area (Å²) in [4.78, 5) is 29.2. The molecule has 148 valence electrons. The van der Waals surface area contributed by atoms with E-state index in [4.69, 9.17) is 4.74 Å². The van der Waals surface area contributed by atoms with E-state index < -0.39 is 0 Å². The molecule has 2 aromatic heterocycles. The van der Waals surface area contributed by atoms with E-state index in [1.807, 2.05) is 6.92 Å². The maximum Gasteiger partial charge on any atom is 0.266 e. The van der Waals surface area contributed by atoms with Gasteiger partial charge in [-0.25, -0.2) is 9.37 Å². The van der Waals surface area contributed by atoms with Gasteiger partial charge in [-0.2, -0.15) is 0 Å². The molecule has 0 saturated heterocycles. The number of hydrogen-bond donors (Lipinski definition) is 2. The Morgan fingerprint density at radius 2 is 1.90 bits per heavy atom. The van der Waals surface area contributed by atoms with Gasteiger partial charge in [0.05, 0.1) is 21.8 Å². The minimum absolute atomic E-state index is 0.0131. The number of aryl methyl sites for hydroxylation is 1. The molecule has 1 saturated carbocycles. The summed E-state index contributed by atoms with van der Waals surface area (Å²) in [7, 11) is 0. The van der Waals surface area contributed by atoms with E-state index in [1.54, 1.807) is 18.2 Å². The first-order valence-electron chi connectivity index (χ1n) is 9.10. The van der Waals surface area contributed by atoms with Crippen LogP contribution in [0.5, 0.6) is 11.6 Å². The lowest BCUT2D eigenvalue weighted by Crippen LogP contribution is -2.12. The van der Waals surface area contributed by atoms with Gasteiger partial charge in [-0.1, -0.05) is 0 Å². The molecule has 1 aliphatic rings. The third-order valence-electron chi connectivity index (χ3n) is 4.35. The van der Waals surface area contributed by atoms with Gasteiger partial charge in [0.15, 0.2) is 0 Å². The van der Waals surface area contributed by atoms with E-state index in [-0.39, 0.29) is 23.5 Å². The molecule has 2 N–H and O–H groups in total. The lowest BCUT2D eigenvalue weighted by atomic mass is 10.2. The highest BCUT2D eigenvalue weighted by Gasteiger charge is 2.30. The normalized spacial score (nSPS) is 13.0. The molecule has 3 aromatic rings. The Balaban J connectivity index is 1.38. The standard InChI is InChI=1S/C21H18FN3O3S/c1-12-10-18(25-20(26)13-2-3-13)29-19(12)21(27)24-15-6-9-17(23-11-15)28-16-7-4-14(22)5-8-16/h4-11,13H,2-3H2,1H3,(H,24,27)(H,25,26). The van der Waals surface area contributed by atoms with Gasteiger partial charge in [-0.05, 0) is 61.7 Å². The van der Waals surface area contributed by atoms with Crippen molar-refractivity contribution in [2.75, 3.05) is 10.6 Å². The molecule has 2 heterocycles. The SMILES string of the molecule is Cc1cc(NC(=O)C2CC2)sc1C(=O)Nc1ccc(Oc2ccc(F)cc2)nc1. The van der Waals surface area contributed by atoms with Crippen molar-refractivity contribution in [1.29, 1.82) is 0 Å². The molecule has 8 heteroatoms. The topological polar surface area (TPSA) is 80.3 Å². The second-order valence-corrected chi connectivity index (χ2v) is 7.83. The van der Waals surface area contributed by atoms with Crippen molar-refractivity contribution >= 4 is 33.8 Å². The van der Waals surface area contributed by atoms with Crippen LogP contribution in [0.4, 0.5) is 15.1 Å². The highest BCUT2D eigenvalue weighted by molar-refractivity contribution is 7.18. The summed E-state index contributed by atoms with van der Waals surface area (Å²) in [6, 6.07) is 10.7. The number of rotatable bonds is 6. The molecule has 1 aliphatic carbocycles. The second-order valence-electron chi connectivity index (χ2n) is 6.78. The minimum Gasteiger partial charge on any atom is -0.439 e. The zero-order chi connectivity index (χ0) is 20.4. The van der Waals surface area contributed by atoms with E-state index in [0.29, 0.717) is 27.2 Å². The van der Waals surface area contributed by atoms with Gasteiger partial charge in [-0.3, -0.25) is 9.59 Å². The van der Waals surface area contributed by atoms with Crippen LogP contribution in [0.25, 0.3) is 0 Å². The van der Waals surface area contributed by atoms with E-state index in [9.17, 15) is 14.0 Å². The molecular weight excluding hydrogens is 393 g/mol. The fourth-order valence-corrected chi connectivity index (χ4v) is 3.63. The largest absolute Gasteiger partial charge is 0.439 e. The van der Waals surface area contributed by atoms with E-state index in [1.165, 1.54) is 41.8 Å². The van der Waals surface area contributed by atoms with Crippen molar-refractivity contribution in [2.45, 2.75) is 19.8 Å². The predicted octanol–water partition coefficient (Wildman–Crippen LogP) is 4.98. The molecule has 0 aliphatic heterocycles. The molecule has 4 rings (SSSR count). The molecule has 0 bridgehead atoms. The number of carbonyl (C=O) groups excluding carboxylic acids is 2. The number of carbonyl (C=O) groups is 2. The average Bonchev–Trinajstić information content (AvgIpc) is 3.49. The summed E-state index contributed by atoms with van der Waals surface area (Å²) in [5.41, 5.74) is 1.31. The van der Waals surface area contributed by atoms with Crippen LogP contribution in [-0.2, 0) is 4.79 Å². The third-order valence-corrected chi connectivity index (χ3v) is 5.50. The molecule has 0 radical (unpaired) electrons. The van der Waals surface area contributed by atoms with Gasteiger partial charge in [0.1, 0.15) is 11.6 Å². The predicted molar refractivity (Wildman–Crippen MR) is 109 cm³/mol. The molecule has 29 heavy (non-hydrogen) atoms. The maximum atomic E-state index is 12.9. The van der Waals surface area contributed by atoms with Gasteiger partial charge >= 0.3 is 0 Å². The lowest BCUT2D eigenvalue weighted by Gasteiger charge is -2.07. The summed E-state index contributed by atoms with van der Waals surface area (Å²) in [5.74, 6) is 0.295. The molecule has 2 amide bonds. The Kier molecular flexibility index (Phi) is 5.26. The van der Waals surface area contributed by atoms with E-state index in [2.05, 4.69) is 15.6 Å². The lowest BCUT2D eigenvalue weighted by molar-refractivity contribution is -0.117. The van der Waals surface area contributed by atoms with Gasteiger partial charge in [0.2, 0.25) is 11.8 Å². The van der Waals surface area contributed by atoms with Crippen LogP contribution in [0.15, 0.2) is 48.7 Å². The Hall–Kier alpha value is -3.26. The molecule has 1 fully saturated rings.